The molecule has 0 bridgehead atoms. The first-order valence-electron chi connectivity index (χ1n) is 6.36. The monoisotopic (exact) mass is 272 g/mol. The molecule has 0 atom stereocenters. The van der Waals surface area contributed by atoms with E-state index in [0.717, 1.165) is 23.7 Å². The third-order valence-corrected chi connectivity index (χ3v) is 3.61. The highest BCUT2D eigenvalue weighted by atomic mass is 32.1. The van der Waals surface area contributed by atoms with Crippen LogP contribution in [-0.4, -0.2) is 38.5 Å². The third-order valence-electron chi connectivity index (χ3n) is 2.70. The van der Waals surface area contributed by atoms with E-state index in [2.05, 4.69) is 36.5 Å². The smallest absolute Gasteiger partial charge is 0.0952 e. The van der Waals surface area contributed by atoms with Crippen LogP contribution < -0.4 is 5.32 Å². The molecule has 0 aromatic carbocycles. The number of nitrogens with zero attached hydrogens (tertiary/aromatic N) is 1. The van der Waals surface area contributed by atoms with Crippen molar-refractivity contribution in [1.29, 1.82) is 0 Å². The van der Waals surface area contributed by atoms with Crippen LogP contribution in [0.25, 0.3) is 0 Å². The molecular weight excluding hydrogens is 248 g/mol. The second-order valence-corrected chi connectivity index (χ2v) is 5.58. The molecule has 0 saturated heterocycles. The number of ether oxygens (including phenoxy) is 2. The molecule has 5 heteroatoms. The fraction of sp³-hybridized carbons (Fsp3) is 0.769. The highest BCUT2D eigenvalue weighted by Crippen LogP contribution is 2.22. The number of methoxy groups -OCH3 is 1. The van der Waals surface area contributed by atoms with E-state index >= 15 is 0 Å². The second kappa shape index (κ2) is 7.84. The van der Waals surface area contributed by atoms with Gasteiger partial charge in [0, 0.05) is 18.9 Å². The molecule has 0 aliphatic rings. The molecule has 0 aliphatic carbocycles. The number of rotatable bonds is 9. The zero-order chi connectivity index (χ0) is 13.4. The maximum Gasteiger partial charge on any atom is 0.0952 e. The Balaban J connectivity index is 2.38. The van der Waals surface area contributed by atoms with Gasteiger partial charge in [-0.05, 0) is 20.4 Å². The zero-order valence-electron chi connectivity index (χ0n) is 11.8. The van der Waals surface area contributed by atoms with Crippen LogP contribution in [0.5, 0.6) is 0 Å². The van der Waals surface area contributed by atoms with E-state index < -0.39 is 0 Å². The average molecular weight is 272 g/mol. The second-order valence-electron chi connectivity index (χ2n) is 4.64. The molecule has 0 amide bonds. The number of hydrogen-bond acceptors (Lipinski definition) is 5. The standard InChI is InChI=1S/C13H24N2O2S/c1-5-14-13(2,3)11-10-18-12(15-11)6-7-17-9-8-16-4/h10,14H,5-9H2,1-4H3. The van der Waals surface area contributed by atoms with Gasteiger partial charge in [-0.25, -0.2) is 4.98 Å². The average Bonchev–Trinajstić information content (AvgIpc) is 2.78. The summed E-state index contributed by atoms with van der Waals surface area (Å²) in [6.07, 6.45) is 0.872. The van der Waals surface area contributed by atoms with Crippen molar-refractivity contribution >= 4 is 11.3 Å². The summed E-state index contributed by atoms with van der Waals surface area (Å²) in [5.41, 5.74) is 1.06. The molecular formula is C13H24N2O2S. The van der Waals surface area contributed by atoms with E-state index in [-0.39, 0.29) is 5.54 Å². The van der Waals surface area contributed by atoms with Crippen molar-refractivity contribution in [3.8, 4) is 0 Å². The van der Waals surface area contributed by atoms with Crippen molar-refractivity contribution in [3.05, 3.63) is 16.1 Å². The van der Waals surface area contributed by atoms with Gasteiger partial charge in [0.1, 0.15) is 0 Å². The van der Waals surface area contributed by atoms with Crippen LogP contribution in [0.4, 0.5) is 0 Å². The molecule has 0 radical (unpaired) electrons. The molecule has 0 fully saturated rings. The number of aromatic nitrogens is 1. The van der Waals surface area contributed by atoms with E-state index in [9.17, 15) is 0 Å². The summed E-state index contributed by atoms with van der Waals surface area (Å²) in [6, 6.07) is 0. The highest BCUT2D eigenvalue weighted by Gasteiger charge is 2.21. The lowest BCUT2D eigenvalue weighted by Crippen LogP contribution is -2.36. The number of hydrogen-bond donors (Lipinski definition) is 1. The van der Waals surface area contributed by atoms with Gasteiger partial charge in [-0.3, -0.25) is 0 Å². The summed E-state index contributed by atoms with van der Waals surface area (Å²) >= 11 is 1.70. The maximum atomic E-state index is 5.45. The largest absolute Gasteiger partial charge is 0.382 e. The first-order chi connectivity index (χ1) is 8.60. The molecule has 1 rings (SSSR count). The Morgan fingerprint density at radius 2 is 2.11 bits per heavy atom. The lowest BCUT2D eigenvalue weighted by Gasteiger charge is -2.23. The molecule has 1 aromatic heterocycles. The summed E-state index contributed by atoms with van der Waals surface area (Å²) in [7, 11) is 1.68. The Hall–Kier alpha value is -0.490. The van der Waals surface area contributed by atoms with Gasteiger partial charge in [0.05, 0.1) is 36.1 Å². The molecule has 1 heterocycles. The Morgan fingerprint density at radius 3 is 2.78 bits per heavy atom. The van der Waals surface area contributed by atoms with Gasteiger partial charge in [-0.2, -0.15) is 0 Å². The summed E-state index contributed by atoms with van der Waals surface area (Å²) in [6.45, 7) is 9.37. The quantitative estimate of drug-likeness (QED) is 0.700. The Bertz CT molecular complexity index is 339. The minimum atomic E-state index is -0.0552. The summed E-state index contributed by atoms with van der Waals surface area (Å²) < 4.78 is 10.4. The van der Waals surface area contributed by atoms with Gasteiger partial charge in [-0.15, -0.1) is 11.3 Å². The van der Waals surface area contributed by atoms with Gasteiger partial charge >= 0.3 is 0 Å². The molecule has 1 N–H and O–H groups in total. The minimum absolute atomic E-state index is 0.0552. The van der Waals surface area contributed by atoms with Crippen LogP contribution in [0.1, 0.15) is 31.5 Å². The van der Waals surface area contributed by atoms with E-state index in [1.165, 1.54) is 0 Å². The summed E-state index contributed by atoms with van der Waals surface area (Å²) in [5.74, 6) is 0. The number of nitrogens with one attached hydrogen (secondary N) is 1. The number of thiazole rings is 1. The first kappa shape index (κ1) is 15.6. The highest BCUT2D eigenvalue weighted by molar-refractivity contribution is 7.09. The summed E-state index contributed by atoms with van der Waals surface area (Å²) in [4.78, 5) is 4.66. The SMILES string of the molecule is CCNC(C)(C)c1csc(CCOCCOC)n1. The molecule has 18 heavy (non-hydrogen) atoms. The van der Waals surface area contributed by atoms with Crippen LogP contribution in [0, 0.1) is 0 Å². The van der Waals surface area contributed by atoms with Crippen molar-refractivity contribution in [2.24, 2.45) is 0 Å². The topological polar surface area (TPSA) is 43.4 Å². The predicted molar refractivity (Wildman–Crippen MR) is 75.2 cm³/mol. The van der Waals surface area contributed by atoms with E-state index in [4.69, 9.17) is 9.47 Å². The van der Waals surface area contributed by atoms with Crippen molar-refractivity contribution in [2.75, 3.05) is 33.5 Å². The van der Waals surface area contributed by atoms with Crippen LogP contribution >= 0.6 is 11.3 Å². The van der Waals surface area contributed by atoms with Gasteiger partial charge in [0.2, 0.25) is 0 Å². The van der Waals surface area contributed by atoms with Gasteiger partial charge in [0.25, 0.3) is 0 Å². The van der Waals surface area contributed by atoms with Crippen LogP contribution in [0.15, 0.2) is 5.38 Å². The fourth-order valence-electron chi connectivity index (χ4n) is 1.65. The van der Waals surface area contributed by atoms with Crippen LogP contribution in [0.3, 0.4) is 0 Å². The Kier molecular flexibility index (Phi) is 6.78. The first-order valence-corrected chi connectivity index (χ1v) is 7.24. The van der Waals surface area contributed by atoms with E-state index in [1.54, 1.807) is 18.4 Å². The molecule has 0 saturated carbocycles. The van der Waals surface area contributed by atoms with Crippen molar-refractivity contribution in [1.82, 2.24) is 10.3 Å². The van der Waals surface area contributed by atoms with Crippen molar-refractivity contribution in [2.45, 2.75) is 32.7 Å². The molecule has 4 nitrogen and oxygen atoms in total. The lowest BCUT2D eigenvalue weighted by molar-refractivity contribution is 0.0722. The van der Waals surface area contributed by atoms with Crippen molar-refractivity contribution in [3.63, 3.8) is 0 Å². The minimum Gasteiger partial charge on any atom is -0.382 e. The van der Waals surface area contributed by atoms with Gasteiger partial charge in [-0.1, -0.05) is 6.92 Å². The van der Waals surface area contributed by atoms with E-state index in [1.807, 2.05) is 0 Å². The van der Waals surface area contributed by atoms with Crippen molar-refractivity contribution < 1.29 is 9.47 Å². The normalized spacial score (nSPS) is 12.0. The van der Waals surface area contributed by atoms with Gasteiger partial charge in [0.15, 0.2) is 0 Å². The molecule has 104 valence electrons. The molecule has 1 aromatic rings. The Morgan fingerprint density at radius 1 is 1.33 bits per heavy atom. The maximum absolute atomic E-state index is 5.45. The molecule has 0 unspecified atom stereocenters. The molecule has 0 aliphatic heterocycles. The van der Waals surface area contributed by atoms with Gasteiger partial charge < -0.3 is 14.8 Å². The lowest BCUT2D eigenvalue weighted by atomic mass is 10.0. The zero-order valence-corrected chi connectivity index (χ0v) is 12.6. The predicted octanol–water partition coefficient (Wildman–Crippen LogP) is 2.19. The third kappa shape index (κ3) is 5.02. The molecule has 0 spiro atoms. The Labute approximate surface area is 114 Å². The fourth-order valence-corrected chi connectivity index (χ4v) is 2.60. The van der Waals surface area contributed by atoms with Crippen LogP contribution in [-0.2, 0) is 21.4 Å². The van der Waals surface area contributed by atoms with E-state index in [0.29, 0.717) is 19.8 Å². The summed E-state index contributed by atoms with van der Waals surface area (Å²) in [5, 5.41) is 6.70. The van der Waals surface area contributed by atoms with Crippen LogP contribution in [0.2, 0.25) is 0 Å².